The zero-order chi connectivity index (χ0) is 11.4. The van der Waals surface area contributed by atoms with Crippen LogP contribution in [0.1, 0.15) is 18.4 Å². The average Bonchev–Trinajstić information content (AvgIpc) is 2.76. The van der Waals surface area contributed by atoms with E-state index in [1.807, 2.05) is 18.2 Å². The molecule has 1 fully saturated rings. The molecule has 0 saturated carbocycles. The minimum atomic E-state index is 0. The zero-order valence-electron chi connectivity index (χ0n) is 9.51. The smallest absolute Gasteiger partial charge is 0.0595 e. The van der Waals surface area contributed by atoms with Gasteiger partial charge in [-0.15, -0.1) is 12.4 Å². The van der Waals surface area contributed by atoms with Gasteiger partial charge in [-0.2, -0.15) is 0 Å². The number of benzene rings is 1. The summed E-state index contributed by atoms with van der Waals surface area (Å²) in [6.45, 7) is 3.01. The van der Waals surface area contributed by atoms with Crippen molar-refractivity contribution in [3.63, 3.8) is 0 Å². The second kappa shape index (κ2) is 7.45. The first-order chi connectivity index (χ1) is 7.75. The maximum Gasteiger partial charge on any atom is 0.0595 e. The highest BCUT2D eigenvalue weighted by atomic mass is 35.5. The fourth-order valence-electron chi connectivity index (χ4n) is 1.97. The molecule has 0 aliphatic carbocycles. The molecule has 1 saturated heterocycles. The monoisotopic (exact) mass is 294 g/mol. The van der Waals surface area contributed by atoms with Crippen LogP contribution in [0, 0.1) is 0 Å². The highest BCUT2D eigenvalue weighted by Gasteiger charge is 2.12. The summed E-state index contributed by atoms with van der Waals surface area (Å²) in [5, 5.41) is 8.12. The largest absolute Gasteiger partial charge is 0.313 e. The van der Waals surface area contributed by atoms with E-state index in [1.54, 1.807) is 0 Å². The maximum atomic E-state index is 5.95. The van der Waals surface area contributed by atoms with Gasteiger partial charge in [0, 0.05) is 19.1 Å². The van der Waals surface area contributed by atoms with E-state index in [-0.39, 0.29) is 12.4 Å². The molecule has 1 heterocycles. The minimum Gasteiger partial charge on any atom is -0.313 e. The van der Waals surface area contributed by atoms with Crippen molar-refractivity contribution in [3.05, 3.63) is 33.8 Å². The second-order valence-corrected chi connectivity index (χ2v) is 4.99. The molecule has 1 atom stereocenters. The molecular weight excluding hydrogens is 279 g/mol. The van der Waals surface area contributed by atoms with Crippen LogP contribution < -0.4 is 10.6 Å². The number of hydrogen-bond acceptors (Lipinski definition) is 2. The maximum absolute atomic E-state index is 5.95. The highest BCUT2D eigenvalue weighted by molar-refractivity contribution is 6.42. The first-order valence-electron chi connectivity index (χ1n) is 5.64. The molecule has 0 radical (unpaired) electrons. The lowest BCUT2D eigenvalue weighted by Crippen LogP contribution is -2.33. The van der Waals surface area contributed by atoms with Gasteiger partial charge in [-0.3, -0.25) is 0 Å². The van der Waals surface area contributed by atoms with Crippen LogP contribution in [-0.2, 0) is 6.54 Å². The Hall–Kier alpha value is 0.01000. The Morgan fingerprint density at radius 1 is 1.29 bits per heavy atom. The summed E-state index contributed by atoms with van der Waals surface area (Å²) in [6, 6.07) is 6.39. The van der Waals surface area contributed by atoms with Gasteiger partial charge in [0.25, 0.3) is 0 Å². The quantitative estimate of drug-likeness (QED) is 0.891. The molecule has 1 aromatic carbocycles. The Labute approximate surface area is 118 Å². The Balaban J connectivity index is 0.00000144. The van der Waals surface area contributed by atoms with E-state index in [4.69, 9.17) is 23.2 Å². The Kier molecular flexibility index (Phi) is 6.60. The van der Waals surface area contributed by atoms with Gasteiger partial charge in [-0.25, -0.2) is 0 Å². The lowest BCUT2D eigenvalue weighted by Gasteiger charge is -2.11. The van der Waals surface area contributed by atoms with Crippen LogP contribution in [0.5, 0.6) is 0 Å². The van der Waals surface area contributed by atoms with Crippen LogP contribution in [0.3, 0.4) is 0 Å². The third kappa shape index (κ3) is 4.65. The summed E-state index contributed by atoms with van der Waals surface area (Å²) < 4.78 is 0. The first-order valence-corrected chi connectivity index (χ1v) is 6.39. The minimum absolute atomic E-state index is 0. The van der Waals surface area contributed by atoms with Crippen molar-refractivity contribution in [3.8, 4) is 0 Å². The predicted octanol–water partition coefficient (Wildman–Crippen LogP) is 3.26. The Morgan fingerprint density at radius 3 is 2.76 bits per heavy atom. The zero-order valence-corrected chi connectivity index (χ0v) is 11.8. The van der Waals surface area contributed by atoms with Gasteiger partial charge in [0.05, 0.1) is 10.0 Å². The third-order valence-electron chi connectivity index (χ3n) is 2.87. The molecule has 96 valence electrons. The van der Waals surface area contributed by atoms with Gasteiger partial charge in [0.2, 0.25) is 0 Å². The molecule has 0 bridgehead atoms. The number of hydrogen-bond donors (Lipinski definition) is 2. The SMILES string of the molecule is Cl.Clc1ccc(CNCC2CCCN2)cc1Cl. The topological polar surface area (TPSA) is 24.1 Å². The van der Waals surface area contributed by atoms with Crippen molar-refractivity contribution in [2.24, 2.45) is 0 Å². The molecule has 5 heteroatoms. The van der Waals surface area contributed by atoms with E-state index in [9.17, 15) is 0 Å². The molecule has 0 aromatic heterocycles. The van der Waals surface area contributed by atoms with Gasteiger partial charge >= 0.3 is 0 Å². The van der Waals surface area contributed by atoms with Crippen molar-refractivity contribution in [1.29, 1.82) is 0 Å². The second-order valence-electron chi connectivity index (χ2n) is 4.17. The lowest BCUT2D eigenvalue weighted by atomic mass is 10.2. The van der Waals surface area contributed by atoms with Crippen molar-refractivity contribution >= 4 is 35.6 Å². The van der Waals surface area contributed by atoms with Crippen LogP contribution >= 0.6 is 35.6 Å². The van der Waals surface area contributed by atoms with Crippen molar-refractivity contribution < 1.29 is 0 Å². The predicted molar refractivity (Wildman–Crippen MR) is 76.4 cm³/mol. The van der Waals surface area contributed by atoms with E-state index >= 15 is 0 Å². The molecular formula is C12H17Cl3N2. The molecule has 2 rings (SSSR count). The molecule has 1 aliphatic heterocycles. The molecule has 2 N–H and O–H groups in total. The number of nitrogens with one attached hydrogen (secondary N) is 2. The van der Waals surface area contributed by atoms with Gasteiger partial charge in [0.1, 0.15) is 0 Å². The van der Waals surface area contributed by atoms with Crippen molar-refractivity contribution in [1.82, 2.24) is 10.6 Å². The van der Waals surface area contributed by atoms with Crippen LogP contribution in [0.4, 0.5) is 0 Å². The van der Waals surface area contributed by atoms with E-state index in [1.165, 1.54) is 18.4 Å². The molecule has 0 spiro atoms. The number of halogens is 3. The Morgan fingerprint density at radius 2 is 2.12 bits per heavy atom. The van der Waals surface area contributed by atoms with Gasteiger partial charge in [-0.05, 0) is 37.1 Å². The fourth-order valence-corrected chi connectivity index (χ4v) is 2.29. The van der Waals surface area contributed by atoms with E-state index in [0.29, 0.717) is 16.1 Å². The van der Waals surface area contributed by atoms with Gasteiger partial charge < -0.3 is 10.6 Å². The van der Waals surface area contributed by atoms with Crippen LogP contribution in [0.2, 0.25) is 10.0 Å². The average molecular weight is 296 g/mol. The molecule has 1 aromatic rings. The summed E-state index contributed by atoms with van der Waals surface area (Å²) in [5.41, 5.74) is 1.17. The first kappa shape index (κ1) is 15.1. The lowest BCUT2D eigenvalue weighted by molar-refractivity contribution is 0.536. The summed E-state index contributed by atoms with van der Waals surface area (Å²) in [4.78, 5) is 0. The van der Waals surface area contributed by atoms with E-state index < -0.39 is 0 Å². The van der Waals surface area contributed by atoms with Crippen LogP contribution in [0.25, 0.3) is 0 Å². The molecule has 17 heavy (non-hydrogen) atoms. The molecule has 2 nitrogen and oxygen atoms in total. The van der Waals surface area contributed by atoms with Gasteiger partial charge in [-0.1, -0.05) is 29.3 Å². The van der Waals surface area contributed by atoms with Crippen LogP contribution in [-0.4, -0.2) is 19.1 Å². The van der Waals surface area contributed by atoms with Gasteiger partial charge in [0.15, 0.2) is 0 Å². The molecule has 1 unspecified atom stereocenters. The van der Waals surface area contributed by atoms with E-state index in [2.05, 4.69) is 10.6 Å². The number of rotatable bonds is 4. The standard InChI is InChI=1S/C12H16Cl2N2.ClH/c13-11-4-3-9(6-12(11)14)7-15-8-10-2-1-5-16-10;/h3-4,6,10,15-16H,1-2,5,7-8H2;1H. The molecule has 0 amide bonds. The summed E-state index contributed by atoms with van der Waals surface area (Å²) in [6.07, 6.45) is 2.56. The summed E-state index contributed by atoms with van der Waals surface area (Å²) >= 11 is 11.8. The van der Waals surface area contributed by atoms with Crippen LogP contribution in [0.15, 0.2) is 18.2 Å². The summed E-state index contributed by atoms with van der Waals surface area (Å²) in [7, 11) is 0. The highest BCUT2D eigenvalue weighted by Crippen LogP contribution is 2.22. The third-order valence-corrected chi connectivity index (χ3v) is 3.61. The molecule has 1 aliphatic rings. The van der Waals surface area contributed by atoms with E-state index in [0.717, 1.165) is 19.6 Å². The van der Waals surface area contributed by atoms with Crippen molar-refractivity contribution in [2.45, 2.75) is 25.4 Å². The normalized spacial score (nSPS) is 19.1. The Bertz CT molecular complexity index is 352. The van der Waals surface area contributed by atoms with Crippen molar-refractivity contribution in [2.75, 3.05) is 13.1 Å². The summed E-state index contributed by atoms with van der Waals surface area (Å²) in [5.74, 6) is 0. The fraction of sp³-hybridized carbons (Fsp3) is 0.500.